The van der Waals surface area contributed by atoms with Crippen molar-refractivity contribution in [3.05, 3.63) is 69.1 Å². The monoisotopic (exact) mass is 323 g/mol. The van der Waals surface area contributed by atoms with Crippen molar-refractivity contribution in [1.82, 2.24) is 0 Å². The third-order valence-electron chi connectivity index (χ3n) is 3.55. The van der Waals surface area contributed by atoms with Crippen LogP contribution in [0.2, 0.25) is 0 Å². The molecule has 0 aliphatic carbocycles. The number of esters is 1. The maximum absolute atomic E-state index is 12.0. The van der Waals surface area contributed by atoms with Crippen LogP contribution in [-0.2, 0) is 9.53 Å². The zero-order valence-electron chi connectivity index (χ0n) is 12.4. The molecule has 0 bridgehead atoms. The summed E-state index contributed by atoms with van der Waals surface area (Å²) in [5, 5.41) is 0. The first-order valence-electron chi connectivity index (χ1n) is 7.21. The van der Waals surface area contributed by atoms with Gasteiger partial charge >= 0.3 is 5.97 Å². The number of fused-ring (bicyclic) bond motifs is 1. The molecule has 0 radical (unpaired) electrons. The summed E-state index contributed by atoms with van der Waals surface area (Å²) in [5.41, 5.74) is 2.19. The SMILES string of the molecule is Cc1ccc(C2=N/C(=C\C3=Cc4ccccc4OC3)C(=O)O2)s1. The molecule has 0 spiro atoms. The lowest BCUT2D eigenvalue weighted by atomic mass is 10.1. The summed E-state index contributed by atoms with van der Waals surface area (Å²) in [6.07, 6.45) is 3.73. The van der Waals surface area contributed by atoms with Crippen LogP contribution < -0.4 is 4.74 Å². The highest BCUT2D eigenvalue weighted by Crippen LogP contribution is 2.28. The molecular formula is C18H13NO3S. The molecule has 0 fully saturated rings. The number of rotatable bonds is 2. The minimum absolute atomic E-state index is 0.306. The van der Waals surface area contributed by atoms with Crippen molar-refractivity contribution in [2.75, 3.05) is 6.61 Å². The maximum Gasteiger partial charge on any atom is 0.363 e. The van der Waals surface area contributed by atoms with Crippen LogP contribution >= 0.6 is 11.3 Å². The van der Waals surface area contributed by atoms with Gasteiger partial charge in [0, 0.05) is 10.4 Å². The van der Waals surface area contributed by atoms with Crippen molar-refractivity contribution in [2.24, 2.45) is 4.99 Å². The van der Waals surface area contributed by atoms with Crippen molar-refractivity contribution in [2.45, 2.75) is 6.92 Å². The molecule has 0 amide bonds. The van der Waals surface area contributed by atoms with Gasteiger partial charge in [-0.2, -0.15) is 0 Å². The number of para-hydroxylation sites is 1. The predicted octanol–water partition coefficient (Wildman–Crippen LogP) is 3.72. The Kier molecular flexibility index (Phi) is 3.35. The summed E-state index contributed by atoms with van der Waals surface area (Å²) in [4.78, 5) is 18.3. The highest BCUT2D eigenvalue weighted by molar-refractivity contribution is 7.14. The van der Waals surface area contributed by atoms with Gasteiger partial charge in [-0.05, 0) is 42.8 Å². The van der Waals surface area contributed by atoms with E-state index in [4.69, 9.17) is 9.47 Å². The van der Waals surface area contributed by atoms with E-state index in [-0.39, 0.29) is 0 Å². The molecule has 3 heterocycles. The summed E-state index contributed by atoms with van der Waals surface area (Å²) >= 11 is 1.55. The van der Waals surface area contributed by atoms with E-state index in [1.165, 1.54) is 0 Å². The number of aliphatic imine (C=N–C) groups is 1. The Labute approximate surface area is 137 Å². The first-order chi connectivity index (χ1) is 11.2. The lowest BCUT2D eigenvalue weighted by Crippen LogP contribution is -2.07. The van der Waals surface area contributed by atoms with Gasteiger partial charge in [0.1, 0.15) is 12.4 Å². The van der Waals surface area contributed by atoms with Crippen LogP contribution in [0.15, 0.2) is 58.7 Å². The number of carbonyl (C=O) groups excluding carboxylic acids is 1. The standard InChI is InChI=1S/C18H13NO3S/c1-11-6-7-16(23-11)17-19-14(18(20)22-17)9-12-8-13-4-2-3-5-15(13)21-10-12/h2-9H,10H2,1H3/b14-9-. The third-order valence-corrected chi connectivity index (χ3v) is 4.54. The number of aryl methyl sites for hydroxylation is 1. The first-order valence-corrected chi connectivity index (χ1v) is 8.02. The second-order valence-electron chi connectivity index (χ2n) is 5.29. The molecule has 5 heteroatoms. The van der Waals surface area contributed by atoms with E-state index >= 15 is 0 Å². The van der Waals surface area contributed by atoms with Crippen LogP contribution in [0, 0.1) is 6.92 Å². The first kappa shape index (κ1) is 14.0. The number of carbonyl (C=O) groups is 1. The molecular weight excluding hydrogens is 310 g/mol. The van der Waals surface area contributed by atoms with Gasteiger partial charge in [0.05, 0.1) is 4.88 Å². The van der Waals surface area contributed by atoms with Gasteiger partial charge < -0.3 is 9.47 Å². The van der Waals surface area contributed by atoms with Gasteiger partial charge in [-0.1, -0.05) is 18.2 Å². The minimum atomic E-state index is -0.425. The largest absolute Gasteiger partial charge is 0.488 e. The number of nitrogens with zero attached hydrogens (tertiary/aromatic N) is 1. The average Bonchev–Trinajstić information content (AvgIpc) is 3.14. The van der Waals surface area contributed by atoms with E-state index in [1.807, 2.05) is 49.4 Å². The molecule has 2 aromatic rings. The quantitative estimate of drug-likeness (QED) is 0.625. The Balaban J connectivity index is 1.65. The Morgan fingerprint density at radius 1 is 1.22 bits per heavy atom. The van der Waals surface area contributed by atoms with Crippen molar-refractivity contribution < 1.29 is 14.3 Å². The summed E-state index contributed by atoms with van der Waals surface area (Å²) in [6.45, 7) is 2.42. The van der Waals surface area contributed by atoms with Gasteiger partial charge in [0.25, 0.3) is 0 Å². The average molecular weight is 323 g/mol. The molecule has 0 atom stereocenters. The highest BCUT2D eigenvalue weighted by Gasteiger charge is 2.25. The second kappa shape index (κ2) is 5.52. The molecule has 4 nitrogen and oxygen atoms in total. The second-order valence-corrected chi connectivity index (χ2v) is 6.58. The number of thiophene rings is 1. The van der Waals surface area contributed by atoms with Crippen LogP contribution in [0.25, 0.3) is 6.08 Å². The Morgan fingerprint density at radius 2 is 2.09 bits per heavy atom. The molecule has 0 N–H and O–H groups in total. The van der Waals surface area contributed by atoms with E-state index in [2.05, 4.69) is 4.99 Å². The minimum Gasteiger partial charge on any atom is -0.488 e. The van der Waals surface area contributed by atoms with E-state index in [9.17, 15) is 4.79 Å². The summed E-state index contributed by atoms with van der Waals surface area (Å²) < 4.78 is 11.0. The topological polar surface area (TPSA) is 47.9 Å². The number of cyclic esters (lactones) is 1. The van der Waals surface area contributed by atoms with Crippen molar-refractivity contribution in [3.8, 4) is 5.75 Å². The Morgan fingerprint density at radius 3 is 2.91 bits per heavy atom. The zero-order chi connectivity index (χ0) is 15.8. The summed E-state index contributed by atoms with van der Waals surface area (Å²) in [5.74, 6) is 0.796. The van der Waals surface area contributed by atoms with Crippen LogP contribution in [0.5, 0.6) is 5.75 Å². The summed E-state index contributed by atoms with van der Waals surface area (Å²) in [6, 6.07) is 11.7. The lowest BCUT2D eigenvalue weighted by Gasteiger charge is -2.15. The van der Waals surface area contributed by atoms with Crippen LogP contribution in [0.3, 0.4) is 0 Å². The van der Waals surface area contributed by atoms with Gasteiger partial charge in [-0.15, -0.1) is 11.3 Å². The Hall–Kier alpha value is -2.66. The van der Waals surface area contributed by atoms with Crippen LogP contribution in [-0.4, -0.2) is 18.5 Å². The zero-order valence-corrected chi connectivity index (χ0v) is 13.2. The van der Waals surface area contributed by atoms with Gasteiger partial charge in [0.2, 0.25) is 5.90 Å². The number of hydrogen-bond acceptors (Lipinski definition) is 5. The molecule has 0 saturated carbocycles. The molecule has 2 aliphatic rings. The van der Waals surface area contributed by atoms with Crippen molar-refractivity contribution in [3.63, 3.8) is 0 Å². The van der Waals surface area contributed by atoms with E-state index in [0.29, 0.717) is 18.2 Å². The highest BCUT2D eigenvalue weighted by atomic mass is 32.1. The molecule has 23 heavy (non-hydrogen) atoms. The normalized spacial score (nSPS) is 18.1. The van der Waals surface area contributed by atoms with E-state index < -0.39 is 5.97 Å². The lowest BCUT2D eigenvalue weighted by molar-refractivity contribution is -0.130. The molecule has 0 unspecified atom stereocenters. The molecule has 4 rings (SSSR count). The van der Waals surface area contributed by atoms with E-state index in [1.54, 1.807) is 17.4 Å². The molecule has 0 saturated heterocycles. The predicted molar refractivity (Wildman–Crippen MR) is 89.7 cm³/mol. The fraction of sp³-hybridized carbons (Fsp3) is 0.111. The van der Waals surface area contributed by atoms with Crippen molar-refractivity contribution >= 4 is 29.3 Å². The molecule has 1 aromatic carbocycles. The van der Waals surface area contributed by atoms with Crippen LogP contribution in [0.4, 0.5) is 0 Å². The van der Waals surface area contributed by atoms with Crippen molar-refractivity contribution in [1.29, 1.82) is 0 Å². The fourth-order valence-electron chi connectivity index (χ4n) is 2.46. The smallest absolute Gasteiger partial charge is 0.363 e. The number of ether oxygens (including phenoxy) is 2. The Bertz CT molecular complexity index is 889. The van der Waals surface area contributed by atoms with Gasteiger partial charge in [0.15, 0.2) is 5.70 Å². The third kappa shape index (κ3) is 2.71. The summed E-state index contributed by atoms with van der Waals surface area (Å²) in [7, 11) is 0. The number of hydrogen-bond donors (Lipinski definition) is 0. The molecule has 114 valence electrons. The van der Waals surface area contributed by atoms with E-state index in [0.717, 1.165) is 26.6 Å². The molecule has 1 aromatic heterocycles. The van der Waals surface area contributed by atoms with Gasteiger partial charge in [-0.25, -0.2) is 9.79 Å². The fourth-order valence-corrected chi connectivity index (χ4v) is 3.25. The maximum atomic E-state index is 12.0. The number of benzene rings is 1. The van der Waals surface area contributed by atoms with Gasteiger partial charge in [-0.3, -0.25) is 0 Å². The molecule has 2 aliphatic heterocycles. The van der Waals surface area contributed by atoms with Crippen LogP contribution in [0.1, 0.15) is 15.3 Å².